The molecule has 0 aromatic carbocycles. The van der Waals surface area contributed by atoms with Crippen LogP contribution in [0.5, 0.6) is 0 Å². The molecule has 0 aliphatic carbocycles. The van der Waals surface area contributed by atoms with E-state index < -0.39 is 31.0 Å². The molecule has 0 aromatic heterocycles. The molecule has 5 nitrogen and oxygen atoms in total. The van der Waals surface area contributed by atoms with Crippen molar-refractivity contribution in [3.05, 3.63) is 0 Å². The van der Waals surface area contributed by atoms with E-state index >= 15 is 0 Å². The van der Waals surface area contributed by atoms with Crippen LogP contribution in [0.4, 0.5) is 8.78 Å². The van der Waals surface area contributed by atoms with Gasteiger partial charge in [-0.05, 0) is 6.92 Å². The molecule has 1 N–H and O–H groups in total. The fourth-order valence-corrected chi connectivity index (χ4v) is 0.890. The molecule has 1 atom stereocenters. The summed E-state index contributed by atoms with van der Waals surface area (Å²) >= 11 is 0. The van der Waals surface area contributed by atoms with E-state index in [2.05, 4.69) is 4.74 Å². The van der Waals surface area contributed by atoms with Crippen LogP contribution in [0, 0.1) is 0 Å². The number of aliphatic carboxylic acids is 1. The molecule has 0 bridgehead atoms. The van der Waals surface area contributed by atoms with Crippen molar-refractivity contribution in [2.24, 2.45) is 0 Å². The highest BCUT2D eigenvalue weighted by atomic mass is 19.3. The lowest BCUT2D eigenvalue weighted by Gasteiger charge is -2.21. The maximum absolute atomic E-state index is 11.7. The SMILES string of the molecule is CC(C(=O)O)N(C)C(=O)CCOCC(F)F. The molecule has 0 fully saturated rings. The molecule has 0 aromatic rings. The molecule has 0 aliphatic heterocycles. The summed E-state index contributed by atoms with van der Waals surface area (Å²) in [5.74, 6) is -1.58. The number of rotatable bonds is 7. The van der Waals surface area contributed by atoms with Crippen molar-refractivity contribution in [2.45, 2.75) is 25.8 Å². The Hall–Kier alpha value is -1.24. The Balaban J connectivity index is 3.84. The number of halogens is 2. The summed E-state index contributed by atoms with van der Waals surface area (Å²) in [7, 11) is 1.34. The first-order valence-electron chi connectivity index (χ1n) is 4.70. The first-order chi connectivity index (χ1) is 7.36. The predicted molar refractivity (Wildman–Crippen MR) is 51.3 cm³/mol. The fraction of sp³-hybridized carbons (Fsp3) is 0.778. The highest BCUT2D eigenvalue weighted by Crippen LogP contribution is 2.00. The Morgan fingerprint density at radius 1 is 1.44 bits per heavy atom. The van der Waals surface area contributed by atoms with Crippen LogP contribution in [0.25, 0.3) is 0 Å². The Labute approximate surface area is 92.0 Å². The quantitative estimate of drug-likeness (QED) is 0.660. The van der Waals surface area contributed by atoms with E-state index in [0.717, 1.165) is 4.90 Å². The van der Waals surface area contributed by atoms with Gasteiger partial charge in [-0.15, -0.1) is 0 Å². The molecule has 0 heterocycles. The average molecular weight is 239 g/mol. The van der Waals surface area contributed by atoms with Crippen molar-refractivity contribution in [3.8, 4) is 0 Å². The minimum Gasteiger partial charge on any atom is -0.480 e. The van der Waals surface area contributed by atoms with Crippen LogP contribution in [0.3, 0.4) is 0 Å². The zero-order valence-electron chi connectivity index (χ0n) is 9.15. The van der Waals surface area contributed by atoms with Gasteiger partial charge >= 0.3 is 5.97 Å². The van der Waals surface area contributed by atoms with Gasteiger partial charge in [0, 0.05) is 7.05 Å². The van der Waals surface area contributed by atoms with Crippen LogP contribution >= 0.6 is 0 Å². The number of hydrogen-bond acceptors (Lipinski definition) is 3. The van der Waals surface area contributed by atoms with Crippen LogP contribution in [-0.4, -0.2) is 54.6 Å². The second kappa shape index (κ2) is 7.10. The van der Waals surface area contributed by atoms with Crippen molar-refractivity contribution in [1.82, 2.24) is 4.90 Å². The standard InChI is InChI=1S/C9H15F2NO4/c1-6(9(14)15)12(2)8(13)3-4-16-5-7(10)11/h6-7H,3-5H2,1-2H3,(H,14,15). The number of alkyl halides is 2. The van der Waals surface area contributed by atoms with Gasteiger partial charge in [-0.1, -0.05) is 0 Å². The van der Waals surface area contributed by atoms with E-state index in [1.54, 1.807) is 0 Å². The van der Waals surface area contributed by atoms with Gasteiger partial charge in [-0.3, -0.25) is 4.79 Å². The Morgan fingerprint density at radius 3 is 2.44 bits per heavy atom. The lowest BCUT2D eigenvalue weighted by Crippen LogP contribution is -2.40. The zero-order chi connectivity index (χ0) is 12.7. The van der Waals surface area contributed by atoms with Crippen LogP contribution < -0.4 is 0 Å². The van der Waals surface area contributed by atoms with E-state index in [-0.39, 0.29) is 13.0 Å². The van der Waals surface area contributed by atoms with Crippen LogP contribution in [-0.2, 0) is 14.3 Å². The number of likely N-dealkylation sites (N-methyl/N-ethyl adjacent to an activating group) is 1. The van der Waals surface area contributed by atoms with E-state index in [1.807, 2.05) is 0 Å². The average Bonchev–Trinajstić information content (AvgIpc) is 2.21. The minimum atomic E-state index is -2.56. The van der Waals surface area contributed by atoms with Gasteiger partial charge in [-0.2, -0.15) is 0 Å². The molecule has 1 amide bonds. The van der Waals surface area contributed by atoms with Crippen LogP contribution in [0.1, 0.15) is 13.3 Å². The highest BCUT2D eigenvalue weighted by molar-refractivity contribution is 5.83. The van der Waals surface area contributed by atoms with Gasteiger partial charge in [0.25, 0.3) is 6.43 Å². The van der Waals surface area contributed by atoms with Gasteiger partial charge in [-0.25, -0.2) is 13.6 Å². The summed E-state index contributed by atoms with van der Waals surface area (Å²) in [6, 6.07) is -0.942. The van der Waals surface area contributed by atoms with E-state index in [0.29, 0.717) is 0 Å². The van der Waals surface area contributed by atoms with Crippen LogP contribution in [0.15, 0.2) is 0 Å². The molecule has 16 heavy (non-hydrogen) atoms. The highest BCUT2D eigenvalue weighted by Gasteiger charge is 2.21. The van der Waals surface area contributed by atoms with Crippen molar-refractivity contribution >= 4 is 11.9 Å². The number of carboxylic acids is 1. The molecule has 1 unspecified atom stereocenters. The number of ether oxygens (including phenoxy) is 1. The molecule has 0 rings (SSSR count). The first-order valence-corrected chi connectivity index (χ1v) is 4.70. The summed E-state index contributed by atoms with van der Waals surface area (Å²) in [4.78, 5) is 22.9. The number of amides is 1. The second-order valence-electron chi connectivity index (χ2n) is 3.23. The van der Waals surface area contributed by atoms with Gasteiger partial charge in [0.05, 0.1) is 13.0 Å². The monoisotopic (exact) mass is 239 g/mol. The molecule has 94 valence electrons. The Bertz CT molecular complexity index is 248. The van der Waals surface area contributed by atoms with Crippen molar-refractivity contribution < 1.29 is 28.2 Å². The zero-order valence-corrected chi connectivity index (χ0v) is 9.15. The van der Waals surface area contributed by atoms with Gasteiger partial charge in [0.2, 0.25) is 5.91 Å². The normalized spacial score (nSPS) is 12.6. The van der Waals surface area contributed by atoms with E-state index in [9.17, 15) is 18.4 Å². The lowest BCUT2D eigenvalue weighted by molar-refractivity contribution is -0.148. The van der Waals surface area contributed by atoms with E-state index in [4.69, 9.17) is 5.11 Å². The third kappa shape index (κ3) is 5.59. The number of carboxylic acid groups (broad SMARTS) is 1. The molecular formula is C9H15F2NO4. The third-order valence-electron chi connectivity index (χ3n) is 2.04. The molecule has 0 saturated heterocycles. The first kappa shape index (κ1) is 14.8. The van der Waals surface area contributed by atoms with E-state index in [1.165, 1.54) is 14.0 Å². The third-order valence-corrected chi connectivity index (χ3v) is 2.04. The topological polar surface area (TPSA) is 66.8 Å². The number of nitrogens with zero attached hydrogens (tertiary/aromatic N) is 1. The Kier molecular flexibility index (Phi) is 6.55. The summed E-state index contributed by atoms with van der Waals surface area (Å²) in [6.45, 7) is 0.506. The maximum Gasteiger partial charge on any atom is 0.326 e. The largest absolute Gasteiger partial charge is 0.480 e. The summed E-state index contributed by atoms with van der Waals surface area (Å²) in [6.07, 6.45) is -2.67. The molecule has 0 saturated carbocycles. The van der Waals surface area contributed by atoms with Gasteiger partial charge in [0.1, 0.15) is 12.6 Å². The summed E-state index contributed by atoms with van der Waals surface area (Å²) < 4.78 is 27.8. The maximum atomic E-state index is 11.7. The molecule has 0 spiro atoms. The number of hydrogen-bond donors (Lipinski definition) is 1. The smallest absolute Gasteiger partial charge is 0.326 e. The van der Waals surface area contributed by atoms with Gasteiger partial charge in [0.15, 0.2) is 0 Å². The summed E-state index contributed by atoms with van der Waals surface area (Å²) in [5, 5.41) is 8.62. The lowest BCUT2D eigenvalue weighted by atomic mass is 10.3. The molecule has 0 aliphatic rings. The Morgan fingerprint density at radius 2 is 2.00 bits per heavy atom. The minimum absolute atomic E-state index is 0.110. The fourth-order valence-electron chi connectivity index (χ4n) is 0.890. The molecular weight excluding hydrogens is 224 g/mol. The number of carbonyl (C=O) groups excluding carboxylic acids is 1. The van der Waals surface area contributed by atoms with Crippen molar-refractivity contribution in [1.29, 1.82) is 0 Å². The summed E-state index contributed by atoms with van der Waals surface area (Å²) in [5.41, 5.74) is 0. The van der Waals surface area contributed by atoms with Crippen molar-refractivity contribution in [3.63, 3.8) is 0 Å². The van der Waals surface area contributed by atoms with Gasteiger partial charge < -0.3 is 14.7 Å². The second-order valence-corrected chi connectivity index (χ2v) is 3.23. The van der Waals surface area contributed by atoms with Crippen LogP contribution in [0.2, 0.25) is 0 Å². The van der Waals surface area contributed by atoms with Crippen molar-refractivity contribution in [2.75, 3.05) is 20.3 Å². The predicted octanol–water partition coefficient (Wildman–Crippen LogP) is 0.590. The number of carbonyl (C=O) groups is 2. The molecule has 0 radical (unpaired) electrons. The molecule has 7 heteroatoms.